The third kappa shape index (κ3) is 4.99. The first-order chi connectivity index (χ1) is 12.2. The Labute approximate surface area is 162 Å². The lowest BCUT2D eigenvalue weighted by Crippen LogP contribution is -2.30. The van der Waals surface area contributed by atoms with Gasteiger partial charge in [0.25, 0.3) is 5.91 Å². The molecule has 8 heteroatoms. The van der Waals surface area contributed by atoms with E-state index in [9.17, 15) is 9.59 Å². The van der Waals surface area contributed by atoms with E-state index in [0.29, 0.717) is 28.9 Å². The van der Waals surface area contributed by atoms with Crippen molar-refractivity contribution in [3.8, 4) is 0 Å². The Hall–Kier alpha value is -2.05. The van der Waals surface area contributed by atoms with Crippen LogP contribution in [0.4, 0.5) is 5.69 Å². The van der Waals surface area contributed by atoms with Gasteiger partial charge in [0.05, 0.1) is 5.69 Å². The van der Waals surface area contributed by atoms with Crippen LogP contribution in [0.25, 0.3) is 0 Å². The quantitative estimate of drug-likeness (QED) is 0.735. The number of ether oxygens (including phenoxy) is 1. The summed E-state index contributed by atoms with van der Waals surface area (Å²) in [4.78, 5) is 24.7. The van der Waals surface area contributed by atoms with Crippen LogP contribution in [0, 0.1) is 12.8 Å². The van der Waals surface area contributed by atoms with Gasteiger partial charge in [-0.2, -0.15) is 5.10 Å². The number of hydrogen-bond donors (Lipinski definition) is 1. The molecule has 140 valence electrons. The first-order valence-corrected chi connectivity index (χ1v) is 8.95. The normalized spacial score (nSPS) is 12.1. The van der Waals surface area contributed by atoms with Gasteiger partial charge in [-0.3, -0.25) is 9.48 Å². The SMILES string of the molecule is Cc1nn(CC(C)C)c(Cl)c1C(=O)O[C@H](C)C(=O)Nc1cccc(Cl)c1. The third-order valence-electron chi connectivity index (χ3n) is 3.55. The van der Waals surface area contributed by atoms with Gasteiger partial charge in [0, 0.05) is 17.3 Å². The lowest BCUT2D eigenvalue weighted by Gasteiger charge is -2.13. The van der Waals surface area contributed by atoms with Crippen LogP contribution in [0.3, 0.4) is 0 Å². The van der Waals surface area contributed by atoms with Crippen molar-refractivity contribution < 1.29 is 14.3 Å². The van der Waals surface area contributed by atoms with E-state index in [1.807, 2.05) is 13.8 Å². The molecule has 1 aromatic heterocycles. The molecule has 0 aliphatic carbocycles. The van der Waals surface area contributed by atoms with E-state index in [2.05, 4.69) is 10.4 Å². The molecule has 0 aliphatic heterocycles. The average molecular weight is 398 g/mol. The Morgan fingerprint density at radius 2 is 1.96 bits per heavy atom. The van der Waals surface area contributed by atoms with E-state index in [1.165, 1.54) is 6.92 Å². The zero-order valence-electron chi connectivity index (χ0n) is 15.0. The van der Waals surface area contributed by atoms with Gasteiger partial charge in [-0.1, -0.05) is 43.1 Å². The van der Waals surface area contributed by atoms with E-state index >= 15 is 0 Å². The van der Waals surface area contributed by atoms with Crippen LogP contribution < -0.4 is 5.32 Å². The number of amides is 1. The fourth-order valence-corrected chi connectivity index (χ4v) is 2.85. The van der Waals surface area contributed by atoms with Crippen LogP contribution in [0.5, 0.6) is 0 Å². The number of esters is 1. The van der Waals surface area contributed by atoms with Crippen LogP contribution >= 0.6 is 23.2 Å². The van der Waals surface area contributed by atoms with Gasteiger partial charge < -0.3 is 10.1 Å². The highest BCUT2D eigenvalue weighted by Gasteiger charge is 2.26. The summed E-state index contributed by atoms with van der Waals surface area (Å²) in [5.41, 5.74) is 1.15. The number of carbonyl (C=O) groups is 2. The Kier molecular flexibility index (Phi) is 6.67. The van der Waals surface area contributed by atoms with Crippen molar-refractivity contribution in [2.45, 2.75) is 40.3 Å². The molecule has 0 aliphatic rings. The number of carbonyl (C=O) groups excluding carboxylic acids is 2. The predicted octanol–water partition coefficient (Wildman–Crippen LogP) is 4.34. The number of aromatic nitrogens is 2. The number of nitrogens with one attached hydrogen (secondary N) is 1. The summed E-state index contributed by atoms with van der Waals surface area (Å²) in [7, 11) is 0. The molecule has 2 aromatic rings. The van der Waals surface area contributed by atoms with E-state index in [1.54, 1.807) is 35.9 Å². The largest absolute Gasteiger partial charge is 0.449 e. The summed E-state index contributed by atoms with van der Waals surface area (Å²) in [6.07, 6.45) is -1.01. The lowest BCUT2D eigenvalue weighted by atomic mass is 10.2. The molecule has 0 fully saturated rings. The molecule has 0 radical (unpaired) electrons. The number of aryl methyl sites for hydroxylation is 1. The Balaban J connectivity index is 2.07. The zero-order valence-corrected chi connectivity index (χ0v) is 16.6. The maximum atomic E-state index is 12.4. The van der Waals surface area contributed by atoms with Crippen LogP contribution in [0.15, 0.2) is 24.3 Å². The molecular formula is C18H21Cl2N3O3. The van der Waals surface area contributed by atoms with Crippen LogP contribution in [-0.4, -0.2) is 27.8 Å². The topological polar surface area (TPSA) is 73.2 Å². The monoisotopic (exact) mass is 397 g/mol. The lowest BCUT2D eigenvalue weighted by molar-refractivity contribution is -0.123. The van der Waals surface area contributed by atoms with Gasteiger partial charge in [-0.05, 0) is 38.0 Å². The van der Waals surface area contributed by atoms with Crippen molar-refractivity contribution in [1.82, 2.24) is 9.78 Å². The second-order valence-electron chi connectivity index (χ2n) is 6.37. The molecule has 1 amide bonds. The Morgan fingerprint density at radius 3 is 2.58 bits per heavy atom. The van der Waals surface area contributed by atoms with Crippen LogP contribution in [-0.2, 0) is 16.1 Å². The molecule has 2 rings (SSSR count). The fraction of sp³-hybridized carbons (Fsp3) is 0.389. The highest BCUT2D eigenvalue weighted by Crippen LogP contribution is 2.22. The van der Waals surface area contributed by atoms with Gasteiger partial charge in [0.2, 0.25) is 0 Å². The summed E-state index contributed by atoms with van der Waals surface area (Å²) in [6.45, 7) is 7.79. The summed E-state index contributed by atoms with van der Waals surface area (Å²) >= 11 is 12.1. The molecule has 26 heavy (non-hydrogen) atoms. The maximum absolute atomic E-state index is 12.4. The molecule has 0 bridgehead atoms. The minimum atomic E-state index is -1.01. The number of halogens is 2. The van der Waals surface area contributed by atoms with Crippen molar-refractivity contribution in [2.75, 3.05) is 5.32 Å². The van der Waals surface area contributed by atoms with Crippen LogP contribution in [0.1, 0.15) is 36.8 Å². The van der Waals surface area contributed by atoms with Gasteiger partial charge >= 0.3 is 5.97 Å². The first-order valence-electron chi connectivity index (χ1n) is 8.19. The number of nitrogens with zero attached hydrogens (tertiary/aromatic N) is 2. The molecule has 1 atom stereocenters. The Bertz CT molecular complexity index is 818. The first kappa shape index (κ1) is 20.3. The standard InChI is InChI=1S/C18H21Cl2N3O3/c1-10(2)9-23-16(20)15(11(3)22-23)18(25)26-12(4)17(24)21-14-7-5-6-13(19)8-14/h5-8,10,12H,9H2,1-4H3,(H,21,24)/t12-/m1/s1. The Morgan fingerprint density at radius 1 is 1.27 bits per heavy atom. The molecule has 0 saturated heterocycles. The second kappa shape index (κ2) is 8.56. The summed E-state index contributed by atoms with van der Waals surface area (Å²) in [5.74, 6) is -0.835. The minimum absolute atomic E-state index is 0.176. The molecule has 0 unspecified atom stereocenters. The van der Waals surface area contributed by atoms with Crippen molar-refractivity contribution >= 4 is 40.8 Å². The van der Waals surface area contributed by atoms with Gasteiger partial charge in [0.1, 0.15) is 10.7 Å². The van der Waals surface area contributed by atoms with Crippen molar-refractivity contribution in [2.24, 2.45) is 5.92 Å². The average Bonchev–Trinajstić information content (AvgIpc) is 2.80. The number of hydrogen-bond acceptors (Lipinski definition) is 4. The van der Waals surface area contributed by atoms with E-state index in [0.717, 1.165) is 0 Å². The number of benzene rings is 1. The smallest absolute Gasteiger partial charge is 0.343 e. The van der Waals surface area contributed by atoms with E-state index in [4.69, 9.17) is 27.9 Å². The molecule has 1 heterocycles. The number of anilines is 1. The molecule has 0 spiro atoms. The summed E-state index contributed by atoms with van der Waals surface area (Å²) < 4.78 is 6.82. The minimum Gasteiger partial charge on any atom is -0.449 e. The summed E-state index contributed by atoms with van der Waals surface area (Å²) in [6, 6.07) is 6.70. The second-order valence-corrected chi connectivity index (χ2v) is 7.17. The highest BCUT2D eigenvalue weighted by atomic mass is 35.5. The number of rotatable bonds is 6. The highest BCUT2D eigenvalue weighted by molar-refractivity contribution is 6.32. The third-order valence-corrected chi connectivity index (χ3v) is 4.17. The molecule has 1 aromatic carbocycles. The molecule has 0 saturated carbocycles. The van der Waals surface area contributed by atoms with E-state index in [-0.39, 0.29) is 10.7 Å². The zero-order chi connectivity index (χ0) is 19.4. The predicted molar refractivity (Wildman–Crippen MR) is 102 cm³/mol. The van der Waals surface area contributed by atoms with Gasteiger partial charge in [-0.25, -0.2) is 4.79 Å². The maximum Gasteiger partial charge on any atom is 0.343 e. The van der Waals surface area contributed by atoms with E-state index < -0.39 is 18.0 Å². The van der Waals surface area contributed by atoms with Crippen molar-refractivity contribution in [1.29, 1.82) is 0 Å². The molecular weight excluding hydrogens is 377 g/mol. The summed E-state index contributed by atoms with van der Waals surface area (Å²) in [5, 5.41) is 7.62. The van der Waals surface area contributed by atoms with Gasteiger partial charge in [0.15, 0.2) is 6.10 Å². The van der Waals surface area contributed by atoms with Gasteiger partial charge in [-0.15, -0.1) is 0 Å². The molecule has 1 N–H and O–H groups in total. The van der Waals surface area contributed by atoms with Crippen molar-refractivity contribution in [3.63, 3.8) is 0 Å². The fourth-order valence-electron chi connectivity index (χ4n) is 2.34. The molecule has 6 nitrogen and oxygen atoms in total. The van der Waals surface area contributed by atoms with Crippen LogP contribution in [0.2, 0.25) is 10.2 Å². The van der Waals surface area contributed by atoms with Crippen molar-refractivity contribution in [3.05, 3.63) is 45.7 Å².